The first-order valence-electron chi connectivity index (χ1n) is 6.07. The van der Waals surface area contributed by atoms with Gasteiger partial charge in [-0.3, -0.25) is 0 Å². The number of hydrogen-bond acceptors (Lipinski definition) is 0. The smallest absolute Gasteiger partial charge is 0 e. The van der Waals surface area contributed by atoms with Crippen molar-refractivity contribution in [3.8, 4) is 0 Å². The Hall–Kier alpha value is 0.949. The van der Waals surface area contributed by atoms with Crippen molar-refractivity contribution in [2.24, 2.45) is 0 Å². The van der Waals surface area contributed by atoms with Gasteiger partial charge in [0.1, 0.15) is 0 Å². The van der Waals surface area contributed by atoms with E-state index in [-0.39, 0.29) is 17.1 Å². The minimum atomic E-state index is 0. The van der Waals surface area contributed by atoms with Gasteiger partial charge < -0.3 is 0 Å². The third-order valence-corrected chi connectivity index (χ3v) is 5.33. The molecule has 0 spiro atoms. The summed E-state index contributed by atoms with van der Waals surface area (Å²) in [7, 11) is 0.422. The van der Waals surface area contributed by atoms with Crippen molar-refractivity contribution in [2.45, 2.75) is 59.3 Å². The zero-order chi connectivity index (χ0) is 9.94. The summed E-state index contributed by atoms with van der Waals surface area (Å²) < 4.78 is 0. The van der Waals surface area contributed by atoms with Crippen LogP contribution in [0.25, 0.3) is 0 Å². The molecule has 0 aliphatic carbocycles. The Kier molecular flexibility index (Phi) is 17.3. The van der Waals surface area contributed by atoms with Crippen molar-refractivity contribution in [1.29, 1.82) is 0 Å². The second-order valence-electron chi connectivity index (χ2n) is 3.90. The molecule has 0 heterocycles. The van der Waals surface area contributed by atoms with E-state index in [0.717, 1.165) is 0 Å². The topological polar surface area (TPSA) is 0 Å². The molecule has 0 rings (SSSR count). The maximum absolute atomic E-state index is 2.31. The van der Waals surface area contributed by atoms with E-state index in [1.165, 1.54) is 38.5 Å². The summed E-state index contributed by atoms with van der Waals surface area (Å²) in [4.78, 5) is 0. The zero-order valence-electron chi connectivity index (χ0n) is 10.2. The van der Waals surface area contributed by atoms with E-state index in [1.54, 1.807) is 18.5 Å². The van der Waals surface area contributed by atoms with Gasteiger partial charge in [-0.25, -0.2) is 0 Å². The van der Waals surface area contributed by atoms with Crippen molar-refractivity contribution in [3.63, 3.8) is 0 Å². The van der Waals surface area contributed by atoms with Crippen LogP contribution in [0.5, 0.6) is 0 Å². The van der Waals surface area contributed by atoms with Gasteiger partial charge in [0.05, 0.1) is 0 Å². The molecule has 14 heavy (non-hydrogen) atoms. The molecular weight excluding hydrogens is 231 g/mol. The van der Waals surface area contributed by atoms with Gasteiger partial charge >= 0.3 is 0 Å². The molecule has 0 radical (unpaired) electrons. The SMILES string of the molecule is CCCCP(CCCC)CCCC.[Fe]. The quantitative estimate of drug-likeness (QED) is 0.409. The molecule has 88 valence electrons. The van der Waals surface area contributed by atoms with E-state index >= 15 is 0 Å². The number of unbranched alkanes of at least 4 members (excludes halogenated alkanes) is 3. The van der Waals surface area contributed by atoms with Gasteiger partial charge in [0.15, 0.2) is 0 Å². The summed E-state index contributed by atoms with van der Waals surface area (Å²) in [6.45, 7) is 6.94. The Morgan fingerprint density at radius 3 is 1.14 bits per heavy atom. The second kappa shape index (κ2) is 13.9. The van der Waals surface area contributed by atoms with Crippen LogP contribution in [0.2, 0.25) is 0 Å². The summed E-state index contributed by atoms with van der Waals surface area (Å²) in [5.74, 6) is 0. The monoisotopic (exact) mass is 258 g/mol. The molecule has 0 fully saturated rings. The van der Waals surface area contributed by atoms with Crippen LogP contribution < -0.4 is 0 Å². The van der Waals surface area contributed by atoms with Crippen LogP contribution in [0.1, 0.15) is 59.3 Å². The molecule has 0 aromatic heterocycles. The third kappa shape index (κ3) is 11.0. The molecule has 0 aromatic carbocycles. The van der Waals surface area contributed by atoms with E-state index in [1.807, 2.05) is 0 Å². The van der Waals surface area contributed by atoms with Gasteiger partial charge in [-0.15, -0.1) is 7.92 Å². The first-order chi connectivity index (χ1) is 6.35. The van der Waals surface area contributed by atoms with Crippen LogP contribution in [-0.2, 0) is 17.1 Å². The molecule has 0 aliphatic heterocycles. The summed E-state index contributed by atoms with van der Waals surface area (Å²) in [5.41, 5.74) is 0. The first kappa shape index (κ1) is 17.3. The Labute approximate surface area is 103 Å². The molecular formula is C12H27FeP. The summed E-state index contributed by atoms with van der Waals surface area (Å²) in [6, 6.07) is 0. The van der Waals surface area contributed by atoms with Crippen LogP contribution >= 0.6 is 7.92 Å². The molecule has 2 heteroatoms. The standard InChI is InChI=1S/C12H27P.Fe/c1-4-7-10-13(11-8-5-2)12-9-6-3;/h4-12H2,1-3H3;. The molecule has 0 N–H and O–H groups in total. The summed E-state index contributed by atoms with van der Waals surface area (Å²) in [6.07, 6.45) is 13.2. The average molecular weight is 258 g/mol. The fourth-order valence-electron chi connectivity index (χ4n) is 1.48. The molecule has 0 unspecified atom stereocenters. The van der Waals surface area contributed by atoms with Crippen LogP contribution in [0.15, 0.2) is 0 Å². The van der Waals surface area contributed by atoms with Crippen molar-refractivity contribution in [2.75, 3.05) is 18.5 Å². The molecule has 0 aliphatic rings. The minimum absolute atomic E-state index is 0. The Balaban J connectivity index is 0. The van der Waals surface area contributed by atoms with Crippen LogP contribution in [0.3, 0.4) is 0 Å². The molecule has 0 amide bonds. The maximum Gasteiger partial charge on any atom is 0 e. The van der Waals surface area contributed by atoms with Gasteiger partial charge in [-0.05, 0) is 37.7 Å². The minimum Gasteiger partial charge on any atom is -0.107 e. The van der Waals surface area contributed by atoms with Crippen LogP contribution in [0, 0.1) is 0 Å². The molecule has 0 aromatic rings. The van der Waals surface area contributed by atoms with Crippen molar-refractivity contribution in [1.82, 2.24) is 0 Å². The van der Waals surface area contributed by atoms with Crippen LogP contribution in [0.4, 0.5) is 0 Å². The van der Waals surface area contributed by atoms with Crippen molar-refractivity contribution >= 4 is 7.92 Å². The normalized spacial score (nSPS) is 10.3. The van der Waals surface area contributed by atoms with E-state index in [0.29, 0.717) is 7.92 Å². The van der Waals surface area contributed by atoms with Gasteiger partial charge in [-0.2, -0.15) is 0 Å². The van der Waals surface area contributed by atoms with E-state index in [9.17, 15) is 0 Å². The van der Waals surface area contributed by atoms with E-state index in [2.05, 4.69) is 20.8 Å². The number of hydrogen-bond donors (Lipinski definition) is 0. The molecule has 0 bridgehead atoms. The molecule has 0 atom stereocenters. The van der Waals surface area contributed by atoms with Gasteiger partial charge in [0, 0.05) is 17.1 Å². The summed E-state index contributed by atoms with van der Waals surface area (Å²) in [5, 5.41) is 0. The Morgan fingerprint density at radius 2 is 0.929 bits per heavy atom. The van der Waals surface area contributed by atoms with Crippen molar-refractivity contribution in [3.05, 3.63) is 0 Å². The van der Waals surface area contributed by atoms with E-state index in [4.69, 9.17) is 0 Å². The van der Waals surface area contributed by atoms with Gasteiger partial charge in [0.25, 0.3) is 0 Å². The van der Waals surface area contributed by atoms with Gasteiger partial charge in [-0.1, -0.05) is 40.0 Å². The third-order valence-electron chi connectivity index (χ3n) is 2.48. The fraction of sp³-hybridized carbons (Fsp3) is 1.00. The Bertz CT molecular complexity index is 77.3. The molecule has 0 saturated heterocycles. The molecule has 0 nitrogen and oxygen atoms in total. The van der Waals surface area contributed by atoms with Crippen LogP contribution in [-0.4, -0.2) is 18.5 Å². The average Bonchev–Trinajstić information content (AvgIpc) is 2.17. The predicted octanol–water partition coefficient (Wildman–Crippen LogP) is 4.87. The van der Waals surface area contributed by atoms with Crippen molar-refractivity contribution < 1.29 is 17.1 Å². The maximum atomic E-state index is 2.31. The summed E-state index contributed by atoms with van der Waals surface area (Å²) >= 11 is 0. The first-order valence-corrected chi connectivity index (χ1v) is 7.97. The van der Waals surface area contributed by atoms with E-state index < -0.39 is 0 Å². The number of rotatable bonds is 9. The zero-order valence-corrected chi connectivity index (χ0v) is 12.2. The molecule has 0 saturated carbocycles. The Morgan fingerprint density at radius 1 is 0.643 bits per heavy atom. The second-order valence-corrected chi connectivity index (χ2v) is 6.59. The van der Waals surface area contributed by atoms with Gasteiger partial charge in [0.2, 0.25) is 0 Å². The largest absolute Gasteiger partial charge is 0.107 e. The predicted molar refractivity (Wildman–Crippen MR) is 66.2 cm³/mol. The fourth-order valence-corrected chi connectivity index (χ4v) is 4.44.